The van der Waals surface area contributed by atoms with Gasteiger partial charge in [-0.05, 0) is 36.4 Å². The summed E-state index contributed by atoms with van der Waals surface area (Å²) in [5.74, 6) is -0.0331. The molecule has 9 nitrogen and oxygen atoms in total. The van der Waals surface area contributed by atoms with Crippen LogP contribution in [0.2, 0.25) is 0 Å². The molecular formula is C18H15N3O6. The van der Waals surface area contributed by atoms with Gasteiger partial charge in [-0.2, -0.15) is 0 Å². The molecule has 2 N–H and O–H groups in total. The van der Waals surface area contributed by atoms with E-state index in [2.05, 4.69) is 5.32 Å². The van der Waals surface area contributed by atoms with Gasteiger partial charge in [-0.1, -0.05) is 0 Å². The van der Waals surface area contributed by atoms with E-state index in [1.54, 1.807) is 24.3 Å². The summed E-state index contributed by atoms with van der Waals surface area (Å²) in [6.07, 6.45) is 1.18. The molecular weight excluding hydrogens is 354 g/mol. The number of carbonyl (C=O) groups is 2. The molecule has 138 valence electrons. The van der Waals surface area contributed by atoms with Crippen LogP contribution in [0, 0.1) is 10.1 Å². The molecule has 9 heteroatoms. The Morgan fingerprint density at radius 3 is 2.19 bits per heavy atom. The summed E-state index contributed by atoms with van der Waals surface area (Å²) in [7, 11) is 0. The van der Waals surface area contributed by atoms with Crippen LogP contribution in [0.5, 0.6) is 11.5 Å². The number of nitrogens with one attached hydrogen (secondary N) is 1. The average molecular weight is 369 g/mol. The summed E-state index contributed by atoms with van der Waals surface area (Å²) < 4.78 is 5.60. The van der Waals surface area contributed by atoms with Crippen LogP contribution in [-0.2, 0) is 9.59 Å². The summed E-state index contributed by atoms with van der Waals surface area (Å²) in [5.41, 5.74) is 0.669. The molecule has 0 saturated heterocycles. The molecule has 1 aliphatic rings. The topological polar surface area (TPSA) is 122 Å². The van der Waals surface area contributed by atoms with E-state index in [9.17, 15) is 19.7 Å². The first kappa shape index (κ1) is 18.1. The Bertz CT molecular complexity index is 906. The standard InChI is InChI=1S/C18H15N3O6/c22-10-9-20-17(23)11-16(18(20)24)19-12-1-5-14(6-2-12)27-15-7-3-13(4-8-15)21(25)26/h1-8,11,19,22H,9-10H2. The molecule has 2 aromatic rings. The first-order valence-corrected chi connectivity index (χ1v) is 7.96. The van der Waals surface area contributed by atoms with Crippen LogP contribution in [0.15, 0.2) is 60.3 Å². The molecule has 27 heavy (non-hydrogen) atoms. The number of benzene rings is 2. The number of rotatable bonds is 7. The zero-order chi connectivity index (χ0) is 19.4. The van der Waals surface area contributed by atoms with Crippen LogP contribution >= 0.6 is 0 Å². The number of carbonyl (C=O) groups excluding carboxylic acids is 2. The van der Waals surface area contributed by atoms with Gasteiger partial charge in [-0.3, -0.25) is 24.6 Å². The first-order chi connectivity index (χ1) is 13.0. The molecule has 0 aromatic heterocycles. The fraction of sp³-hybridized carbons (Fsp3) is 0.111. The molecule has 2 amide bonds. The van der Waals surface area contributed by atoms with Crippen molar-refractivity contribution < 1.29 is 24.4 Å². The van der Waals surface area contributed by atoms with Gasteiger partial charge in [0.2, 0.25) is 0 Å². The molecule has 0 spiro atoms. The maximum Gasteiger partial charge on any atom is 0.277 e. The van der Waals surface area contributed by atoms with Gasteiger partial charge in [0.1, 0.15) is 17.2 Å². The molecule has 1 heterocycles. The Labute approximate surface area is 153 Å². The monoisotopic (exact) mass is 369 g/mol. The number of aliphatic hydroxyl groups excluding tert-OH is 1. The van der Waals surface area contributed by atoms with E-state index in [1.165, 1.54) is 30.3 Å². The number of hydrogen-bond donors (Lipinski definition) is 2. The van der Waals surface area contributed by atoms with Gasteiger partial charge in [0.15, 0.2) is 0 Å². The predicted molar refractivity (Wildman–Crippen MR) is 95.1 cm³/mol. The SMILES string of the molecule is O=C1C=C(Nc2ccc(Oc3ccc([N+](=O)[O-])cc3)cc2)C(=O)N1CCO. The van der Waals surface area contributed by atoms with Crippen LogP contribution in [-0.4, -0.2) is 39.9 Å². The molecule has 0 aliphatic carbocycles. The predicted octanol–water partition coefficient (Wildman–Crippen LogP) is 2.04. The lowest BCUT2D eigenvalue weighted by atomic mass is 10.2. The molecule has 0 unspecified atom stereocenters. The second kappa shape index (κ2) is 7.67. The zero-order valence-corrected chi connectivity index (χ0v) is 14.0. The third-order valence-electron chi connectivity index (χ3n) is 3.75. The van der Waals surface area contributed by atoms with Gasteiger partial charge in [-0.25, -0.2) is 0 Å². The van der Waals surface area contributed by atoms with Gasteiger partial charge in [0, 0.05) is 23.9 Å². The maximum atomic E-state index is 12.1. The molecule has 3 rings (SSSR count). The number of β-amino-alcohol motifs (C(OH)–C–C–N with tert-alkyl or cyclic N) is 1. The van der Waals surface area contributed by atoms with Gasteiger partial charge in [-0.15, -0.1) is 0 Å². The molecule has 0 fully saturated rings. The lowest BCUT2D eigenvalue weighted by Crippen LogP contribution is -2.34. The van der Waals surface area contributed by atoms with Crippen molar-refractivity contribution in [3.63, 3.8) is 0 Å². The highest BCUT2D eigenvalue weighted by atomic mass is 16.6. The van der Waals surface area contributed by atoms with Crippen molar-refractivity contribution in [1.29, 1.82) is 0 Å². The van der Waals surface area contributed by atoms with E-state index in [-0.39, 0.29) is 24.5 Å². The molecule has 0 atom stereocenters. The highest BCUT2D eigenvalue weighted by Crippen LogP contribution is 2.26. The van der Waals surface area contributed by atoms with E-state index in [1.807, 2.05) is 0 Å². The van der Waals surface area contributed by atoms with Crippen molar-refractivity contribution in [3.8, 4) is 11.5 Å². The third-order valence-corrected chi connectivity index (χ3v) is 3.75. The normalized spacial score (nSPS) is 13.5. The van der Waals surface area contributed by atoms with Crippen molar-refractivity contribution in [2.45, 2.75) is 0 Å². The van der Waals surface area contributed by atoms with Gasteiger partial charge in [0.25, 0.3) is 17.5 Å². The fourth-order valence-corrected chi connectivity index (χ4v) is 2.44. The molecule has 0 bridgehead atoms. The van der Waals surface area contributed by atoms with Crippen LogP contribution in [0.3, 0.4) is 0 Å². The average Bonchev–Trinajstić information content (AvgIpc) is 2.91. The van der Waals surface area contributed by atoms with Crippen molar-refractivity contribution in [2.24, 2.45) is 0 Å². The molecule has 0 saturated carbocycles. The summed E-state index contributed by atoms with van der Waals surface area (Å²) >= 11 is 0. The van der Waals surface area contributed by atoms with Gasteiger partial charge >= 0.3 is 0 Å². The van der Waals surface area contributed by atoms with E-state index in [4.69, 9.17) is 9.84 Å². The number of ether oxygens (including phenoxy) is 1. The van der Waals surface area contributed by atoms with E-state index in [0.717, 1.165) is 4.90 Å². The van der Waals surface area contributed by atoms with E-state index >= 15 is 0 Å². The quantitative estimate of drug-likeness (QED) is 0.435. The molecule has 2 aromatic carbocycles. The third kappa shape index (κ3) is 4.10. The second-order valence-corrected chi connectivity index (χ2v) is 5.58. The lowest BCUT2D eigenvalue weighted by molar-refractivity contribution is -0.384. The number of hydrogen-bond acceptors (Lipinski definition) is 7. The van der Waals surface area contributed by atoms with Crippen LogP contribution < -0.4 is 10.1 Å². The first-order valence-electron chi connectivity index (χ1n) is 7.96. The maximum absolute atomic E-state index is 12.1. The number of aliphatic hydroxyl groups is 1. The van der Waals surface area contributed by atoms with Crippen molar-refractivity contribution in [2.75, 3.05) is 18.5 Å². The largest absolute Gasteiger partial charge is 0.457 e. The van der Waals surface area contributed by atoms with Crippen molar-refractivity contribution >= 4 is 23.2 Å². The van der Waals surface area contributed by atoms with Crippen molar-refractivity contribution in [1.82, 2.24) is 4.90 Å². The number of non-ortho nitro benzene ring substituents is 1. The van der Waals surface area contributed by atoms with E-state index in [0.29, 0.717) is 17.2 Å². The number of nitrogens with zero attached hydrogens (tertiary/aromatic N) is 2. The molecule has 1 aliphatic heterocycles. The number of nitro groups is 1. The number of imide groups is 1. The minimum absolute atomic E-state index is 0.0267. The summed E-state index contributed by atoms with van der Waals surface area (Å²) in [4.78, 5) is 34.9. The number of nitro benzene ring substituents is 1. The Morgan fingerprint density at radius 1 is 1.04 bits per heavy atom. The van der Waals surface area contributed by atoms with Gasteiger partial charge < -0.3 is 15.2 Å². The minimum atomic E-state index is -0.500. The van der Waals surface area contributed by atoms with Gasteiger partial charge in [0.05, 0.1) is 18.1 Å². The summed E-state index contributed by atoms with van der Waals surface area (Å²) in [6, 6.07) is 12.3. The summed E-state index contributed by atoms with van der Waals surface area (Å²) in [5, 5.41) is 22.4. The fourth-order valence-electron chi connectivity index (χ4n) is 2.44. The highest BCUT2D eigenvalue weighted by Gasteiger charge is 2.30. The lowest BCUT2D eigenvalue weighted by Gasteiger charge is -2.13. The zero-order valence-electron chi connectivity index (χ0n) is 14.0. The Kier molecular flexibility index (Phi) is 5.13. The van der Waals surface area contributed by atoms with Crippen LogP contribution in [0.1, 0.15) is 0 Å². The van der Waals surface area contributed by atoms with Crippen LogP contribution in [0.4, 0.5) is 11.4 Å². The summed E-state index contributed by atoms with van der Waals surface area (Å²) in [6.45, 7) is -0.353. The Balaban J connectivity index is 1.64. The number of amides is 2. The van der Waals surface area contributed by atoms with Crippen LogP contribution in [0.25, 0.3) is 0 Å². The Morgan fingerprint density at radius 2 is 1.63 bits per heavy atom. The van der Waals surface area contributed by atoms with Crippen molar-refractivity contribution in [3.05, 3.63) is 70.4 Å². The Hall–Kier alpha value is -3.72. The highest BCUT2D eigenvalue weighted by molar-refractivity contribution is 6.17. The number of anilines is 1. The molecule has 0 radical (unpaired) electrons. The minimum Gasteiger partial charge on any atom is -0.457 e. The van der Waals surface area contributed by atoms with E-state index < -0.39 is 16.7 Å². The second-order valence-electron chi connectivity index (χ2n) is 5.58. The smallest absolute Gasteiger partial charge is 0.277 e.